The van der Waals surface area contributed by atoms with Gasteiger partial charge in [-0.1, -0.05) is 30.3 Å². The molecule has 2 amide bonds. The lowest BCUT2D eigenvalue weighted by atomic mass is 10.2. The number of carbonyl (C=O) groups excluding carboxylic acids is 3. The Labute approximate surface area is 163 Å². The van der Waals surface area contributed by atoms with Gasteiger partial charge in [0.1, 0.15) is 16.7 Å². The van der Waals surface area contributed by atoms with Crippen molar-refractivity contribution in [2.75, 3.05) is 7.11 Å². The molecular formula is C18H24N2O6S. The Morgan fingerprint density at radius 2 is 1.85 bits per heavy atom. The first-order chi connectivity index (χ1) is 12.5. The average molecular weight is 396 g/mol. The van der Waals surface area contributed by atoms with Crippen molar-refractivity contribution in [3.05, 3.63) is 41.6 Å². The average Bonchev–Trinajstić information content (AvgIpc) is 2.56. The number of carbonyl (C=O) groups is 3. The highest BCUT2D eigenvalue weighted by Crippen LogP contribution is 2.13. The fourth-order valence-corrected chi connectivity index (χ4v) is 2.00. The largest absolute Gasteiger partial charge is 0.464 e. The van der Waals surface area contributed by atoms with Crippen LogP contribution in [-0.2, 0) is 19.1 Å². The van der Waals surface area contributed by atoms with Gasteiger partial charge in [0, 0.05) is 0 Å². The van der Waals surface area contributed by atoms with Crippen LogP contribution in [0.1, 0.15) is 32.8 Å². The van der Waals surface area contributed by atoms with E-state index in [1.54, 1.807) is 51.1 Å². The van der Waals surface area contributed by atoms with Crippen LogP contribution in [0.4, 0.5) is 4.79 Å². The minimum Gasteiger partial charge on any atom is -0.464 e. The Kier molecular flexibility index (Phi) is 8.32. The van der Waals surface area contributed by atoms with Crippen molar-refractivity contribution in [3.8, 4) is 0 Å². The van der Waals surface area contributed by atoms with Gasteiger partial charge < -0.3 is 14.6 Å². The molecule has 0 aliphatic heterocycles. The van der Waals surface area contributed by atoms with Crippen LogP contribution in [-0.4, -0.2) is 46.2 Å². The van der Waals surface area contributed by atoms with Crippen LogP contribution in [0.15, 0.2) is 36.0 Å². The van der Waals surface area contributed by atoms with Gasteiger partial charge in [-0.25, -0.2) is 9.59 Å². The van der Waals surface area contributed by atoms with Gasteiger partial charge in [-0.2, -0.15) is 5.01 Å². The maximum atomic E-state index is 12.4. The van der Waals surface area contributed by atoms with Gasteiger partial charge in [0.2, 0.25) is 0 Å². The number of hydrazine groups is 1. The number of nitrogens with zero attached hydrogens (tertiary/aromatic N) is 1. The minimum absolute atomic E-state index is 0.170. The summed E-state index contributed by atoms with van der Waals surface area (Å²) < 4.78 is 9.89. The number of hydrogen-bond donors (Lipinski definition) is 3. The third-order valence-electron chi connectivity index (χ3n) is 2.93. The van der Waals surface area contributed by atoms with Crippen molar-refractivity contribution in [3.63, 3.8) is 0 Å². The monoisotopic (exact) mass is 396 g/mol. The number of benzene rings is 1. The van der Waals surface area contributed by atoms with Crippen LogP contribution in [0.2, 0.25) is 0 Å². The second kappa shape index (κ2) is 9.98. The standard InChI is InChI=1S/C18H24N2O6S/c1-18(2,3)26-17(24)20(14(21)11-15(22)27)19-13(16(23)25-4)10-12-8-6-5-7-9-12/h5-10,15,19,22,27H,11H2,1-4H3. The number of amides is 2. The minimum atomic E-state index is -1.29. The van der Waals surface area contributed by atoms with Crippen LogP contribution in [0.3, 0.4) is 0 Å². The molecule has 1 aromatic rings. The molecule has 0 aromatic heterocycles. The third kappa shape index (κ3) is 8.14. The lowest BCUT2D eigenvalue weighted by molar-refractivity contribution is -0.138. The molecule has 0 radical (unpaired) electrons. The first kappa shape index (κ1) is 22.5. The first-order valence-corrected chi connectivity index (χ1v) is 8.59. The van der Waals surface area contributed by atoms with Gasteiger partial charge in [-0.3, -0.25) is 10.2 Å². The molecule has 0 fully saturated rings. The maximum Gasteiger partial charge on any atom is 0.436 e. The molecule has 0 aliphatic rings. The van der Waals surface area contributed by atoms with Crippen LogP contribution in [0, 0.1) is 0 Å². The molecule has 1 unspecified atom stereocenters. The van der Waals surface area contributed by atoms with E-state index in [0.717, 1.165) is 0 Å². The molecule has 0 saturated carbocycles. The zero-order chi connectivity index (χ0) is 20.6. The Hall–Kier alpha value is -2.52. The topological polar surface area (TPSA) is 105 Å². The summed E-state index contributed by atoms with van der Waals surface area (Å²) >= 11 is 3.74. The predicted octanol–water partition coefficient (Wildman–Crippen LogP) is 2.11. The molecule has 0 bridgehead atoms. The highest BCUT2D eigenvalue weighted by Gasteiger charge is 2.30. The van der Waals surface area contributed by atoms with Gasteiger partial charge in [-0.05, 0) is 32.4 Å². The highest BCUT2D eigenvalue weighted by atomic mass is 32.1. The quantitative estimate of drug-likeness (QED) is 0.222. The first-order valence-electron chi connectivity index (χ1n) is 8.07. The fourth-order valence-electron chi connectivity index (χ4n) is 1.85. The predicted molar refractivity (Wildman–Crippen MR) is 102 cm³/mol. The number of aliphatic hydroxyl groups excluding tert-OH is 1. The van der Waals surface area contributed by atoms with Crippen molar-refractivity contribution in [2.24, 2.45) is 0 Å². The molecule has 1 rings (SSSR count). The second-order valence-electron chi connectivity index (χ2n) is 6.47. The number of nitrogens with one attached hydrogen (secondary N) is 1. The van der Waals surface area contributed by atoms with Gasteiger partial charge >= 0.3 is 12.1 Å². The zero-order valence-electron chi connectivity index (χ0n) is 15.6. The summed E-state index contributed by atoms with van der Waals surface area (Å²) in [5.41, 5.74) is 0.726. The maximum absolute atomic E-state index is 12.4. The number of hydrogen-bond acceptors (Lipinski definition) is 8. The smallest absolute Gasteiger partial charge is 0.436 e. The summed E-state index contributed by atoms with van der Waals surface area (Å²) in [6.45, 7) is 4.88. The highest BCUT2D eigenvalue weighted by molar-refractivity contribution is 7.80. The van der Waals surface area contributed by atoms with E-state index in [1.165, 1.54) is 13.2 Å². The molecule has 9 heteroatoms. The van der Waals surface area contributed by atoms with Crippen LogP contribution >= 0.6 is 12.6 Å². The number of esters is 1. The molecule has 0 heterocycles. The van der Waals surface area contributed by atoms with E-state index in [9.17, 15) is 19.5 Å². The van der Waals surface area contributed by atoms with Crippen molar-refractivity contribution < 1.29 is 29.0 Å². The fraction of sp³-hybridized carbons (Fsp3) is 0.389. The Morgan fingerprint density at radius 3 is 2.33 bits per heavy atom. The van der Waals surface area contributed by atoms with E-state index >= 15 is 0 Å². The Morgan fingerprint density at radius 1 is 1.26 bits per heavy atom. The van der Waals surface area contributed by atoms with E-state index in [-0.39, 0.29) is 5.70 Å². The number of imide groups is 1. The molecule has 1 atom stereocenters. The molecule has 8 nitrogen and oxygen atoms in total. The third-order valence-corrected chi connectivity index (χ3v) is 3.11. The number of rotatable bonds is 6. The van der Waals surface area contributed by atoms with E-state index in [0.29, 0.717) is 10.6 Å². The van der Waals surface area contributed by atoms with Crippen molar-refractivity contribution in [2.45, 2.75) is 38.2 Å². The molecule has 0 aliphatic carbocycles. The molecule has 2 N–H and O–H groups in total. The summed E-state index contributed by atoms with van der Waals surface area (Å²) in [6.07, 6.45) is -0.104. The number of thiol groups is 1. The number of aliphatic hydroxyl groups is 1. The lowest BCUT2D eigenvalue weighted by Crippen LogP contribution is -2.50. The van der Waals surface area contributed by atoms with Crippen LogP contribution in [0.5, 0.6) is 0 Å². The zero-order valence-corrected chi connectivity index (χ0v) is 16.5. The summed E-state index contributed by atoms with van der Waals surface area (Å²) in [6, 6.07) is 8.76. The van der Waals surface area contributed by atoms with E-state index < -0.39 is 35.4 Å². The van der Waals surface area contributed by atoms with E-state index in [2.05, 4.69) is 18.1 Å². The molecule has 0 saturated heterocycles. The Balaban J connectivity index is 3.20. The molecule has 27 heavy (non-hydrogen) atoms. The lowest BCUT2D eigenvalue weighted by Gasteiger charge is -2.27. The molecule has 1 aromatic carbocycles. The van der Waals surface area contributed by atoms with Gasteiger partial charge in [0.05, 0.1) is 13.5 Å². The number of methoxy groups -OCH3 is 1. The summed E-state index contributed by atoms with van der Waals surface area (Å²) in [5, 5.41) is 9.85. The van der Waals surface area contributed by atoms with E-state index in [1.807, 2.05) is 0 Å². The van der Waals surface area contributed by atoms with Crippen molar-refractivity contribution in [1.29, 1.82) is 0 Å². The normalized spacial score (nSPS) is 12.7. The van der Waals surface area contributed by atoms with Gasteiger partial charge in [-0.15, -0.1) is 12.6 Å². The SMILES string of the molecule is COC(=O)C(=Cc1ccccc1)NN(C(=O)CC(O)S)C(=O)OC(C)(C)C. The molecule has 0 spiro atoms. The van der Waals surface area contributed by atoms with Crippen molar-refractivity contribution >= 4 is 36.7 Å². The summed E-state index contributed by atoms with van der Waals surface area (Å²) in [5.74, 6) is -1.64. The molecular weight excluding hydrogens is 372 g/mol. The van der Waals surface area contributed by atoms with Gasteiger partial charge in [0.15, 0.2) is 0 Å². The van der Waals surface area contributed by atoms with Crippen LogP contribution in [0.25, 0.3) is 6.08 Å². The summed E-state index contributed by atoms with van der Waals surface area (Å²) in [7, 11) is 1.17. The summed E-state index contributed by atoms with van der Waals surface area (Å²) in [4.78, 5) is 36.9. The Bertz CT molecular complexity index is 698. The second-order valence-corrected chi connectivity index (χ2v) is 7.06. The number of ether oxygens (including phenoxy) is 2. The molecule has 148 valence electrons. The van der Waals surface area contributed by atoms with Crippen LogP contribution < -0.4 is 5.43 Å². The van der Waals surface area contributed by atoms with Crippen molar-refractivity contribution in [1.82, 2.24) is 10.4 Å². The van der Waals surface area contributed by atoms with E-state index in [4.69, 9.17) is 9.47 Å². The van der Waals surface area contributed by atoms with Gasteiger partial charge in [0.25, 0.3) is 5.91 Å².